The van der Waals surface area contributed by atoms with Crippen molar-refractivity contribution in [2.24, 2.45) is 10.2 Å². The molecule has 7 heteroatoms. The summed E-state index contributed by atoms with van der Waals surface area (Å²) in [4.78, 5) is 12.1. The van der Waals surface area contributed by atoms with Crippen LogP contribution >= 0.6 is 23.4 Å². The number of amides is 1. The zero-order chi connectivity index (χ0) is 17.6. The van der Waals surface area contributed by atoms with Crippen molar-refractivity contribution in [3.05, 3.63) is 64.7 Å². The van der Waals surface area contributed by atoms with E-state index < -0.39 is 0 Å². The van der Waals surface area contributed by atoms with E-state index in [2.05, 4.69) is 15.5 Å². The van der Waals surface area contributed by atoms with Gasteiger partial charge in [0.1, 0.15) is 5.75 Å². The molecule has 0 aliphatic carbocycles. The van der Waals surface area contributed by atoms with Crippen LogP contribution in [0.15, 0.2) is 58.7 Å². The molecule has 0 saturated carbocycles. The van der Waals surface area contributed by atoms with Gasteiger partial charge in [0, 0.05) is 5.02 Å². The summed E-state index contributed by atoms with van der Waals surface area (Å²) in [7, 11) is 1.63. The van der Waals surface area contributed by atoms with E-state index in [-0.39, 0.29) is 11.2 Å². The highest BCUT2D eigenvalue weighted by Crippen LogP contribution is 2.24. The molecule has 25 heavy (non-hydrogen) atoms. The van der Waals surface area contributed by atoms with Crippen molar-refractivity contribution < 1.29 is 9.53 Å². The highest BCUT2D eigenvalue weighted by molar-refractivity contribution is 8.15. The van der Waals surface area contributed by atoms with Crippen molar-refractivity contribution in [3.63, 3.8) is 0 Å². The molecule has 0 bridgehead atoms. The summed E-state index contributed by atoms with van der Waals surface area (Å²) < 4.78 is 5.14. The number of carbonyl (C=O) groups is 1. The highest BCUT2D eigenvalue weighted by atomic mass is 35.5. The molecule has 0 radical (unpaired) electrons. The minimum Gasteiger partial charge on any atom is -0.497 e. The molecule has 1 amide bonds. The number of rotatable bonds is 5. The minimum absolute atomic E-state index is 0.0544. The zero-order valence-electron chi connectivity index (χ0n) is 13.5. The SMILES string of the molecule is COc1ccc(CC2S/C(=N/N=C/c3ccc(Cl)cc3)NC2=O)cc1. The number of hydrogen-bond donors (Lipinski definition) is 1. The van der Waals surface area contributed by atoms with Crippen LogP contribution in [0.2, 0.25) is 5.02 Å². The first-order valence-electron chi connectivity index (χ1n) is 7.61. The van der Waals surface area contributed by atoms with Gasteiger partial charge < -0.3 is 10.1 Å². The van der Waals surface area contributed by atoms with Gasteiger partial charge in [-0.2, -0.15) is 5.10 Å². The molecule has 2 aromatic rings. The predicted molar refractivity (Wildman–Crippen MR) is 103 cm³/mol. The number of amidine groups is 1. The molecule has 3 rings (SSSR count). The topological polar surface area (TPSA) is 63.1 Å². The summed E-state index contributed by atoms with van der Waals surface area (Å²) in [5.74, 6) is 0.743. The van der Waals surface area contributed by atoms with Crippen LogP contribution in [0.3, 0.4) is 0 Å². The molecule has 1 aliphatic heterocycles. The van der Waals surface area contributed by atoms with Crippen LogP contribution in [0.5, 0.6) is 5.75 Å². The lowest BCUT2D eigenvalue weighted by Gasteiger charge is -2.06. The van der Waals surface area contributed by atoms with Crippen LogP contribution in [0.1, 0.15) is 11.1 Å². The molecule has 1 N–H and O–H groups in total. The first kappa shape index (κ1) is 17.5. The Balaban J connectivity index is 1.60. The molecule has 2 aromatic carbocycles. The van der Waals surface area contributed by atoms with Crippen LogP contribution in [0, 0.1) is 0 Å². The molecule has 128 valence electrons. The lowest BCUT2D eigenvalue weighted by atomic mass is 10.1. The summed E-state index contributed by atoms with van der Waals surface area (Å²) in [5.41, 5.74) is 1.96. The standard InChI is InChI=1S/C18H16ClN3O2S/c1-24-15-8-4-12(5-9-15)10-16-17(23)21-18(25-16)22-20-11-13-2-6-14(19)7-3-13/h2-9,11,16H,10H2,1H3,(H,21,22,23)/b20-11+. The Morgan fingerprint density at radius 1 is 1.20 bits per heavy atom. The fourth-order valence-corrected chi connectivity index (χ4v) is 3.35. The Morgan fingerprint density at radius 3 is 2.60 bits per heavy atom. The highest BCUT2D eigenvalue weighted by Gasteiger charge is 2.30. The molecule has 1 heterocycles. The van der Waals surface area contributed by atoms with Gasteiger partial charge >= 0.3 is 0 Å². The number of nitrogens with zero attached hydrogens (tertiary/aromatic N) is 2. The third-order valence-corrected chi connectivity index (χ3v) is 4.91. The van der Waals surface area contributed by atoms with E-state index in [4.69, 9.17) is 16.3 Å². The number of benzene rings is 2. The van der Waals surface area contributed by atoms with E-state index in [0.29, 0.717) is 16.6 Å². The van der Waals surface area contributed by atoms with Crippen LogP contribution in [0.4, 0.5) is 0 Å². The third kappa shape index (κ3) is 4.84. The Kier molecular flexibility index (Phi) is 5.73. The minimum atomic E-state index is -0.210. The van der Waals surface area contributed by atoms with E-state index >= 15 is 0 Å². The fourth-order valence-electron chi connectivity index (χ4n) is 2.26. The molecule has 0 aromatic heterocycles. The van der Waals surface area contributed by atoms with Crippen molar-refractivity contribution in [1.82, 2.24) is 5.32 Å². The molecule has 1 aliphatic rings. The van der Waals surface area contributed by atoms with E-state index in [1.54, 1.807) is 25.5 Å². The third-order valence-electron chi connectivity index (χ3n) is 3.58. The lowest BCUT2D eigenvalue weighted by Crippen LogP contribution is -2.25. The van der Waals surface area contributed by atoms with Gasteiger partial charge in [0.15, 0.2) is 5.17 Å². The van der Waals surface area contributed by atoms with Crippen LogP contribution in [0.25, 0.3) is 0 Å². The summed E-state index contributed by atoms with van der Waals surface area (Å²) in [5, 5.41) is 11.8. The van der Waals surface area contributed by atoms with Gasteiger partial charge in [0.2, 0.25) is 5.91 Å². The summed E-state index contributed by atoms with van der Waals surface area (Å²) >= 11 is 7.22. The van der Waals surface area contributed by atoms with E-state index in [0.717, 1.165) is 16.9 Å². The first-order chi connectivity index (χ1) is 12.1. The van der Waals surface area contributed by atoms with Crippen molar-refractivity contribution in [2.75, 3.05) is 7.11 Å². The number of nitrogens with one attached hydrogen (secondary N) is 1. The van der Waals surface area contributed by atoms with Gasteiger partial charge in [0.25, 0.3) is 0 Å². The molecular formula is C18H16ClN3O2S. The second kappa shape index (κ2) is 8.18. The Morgan fingerprint density at radius 2 is 1.92 bits per heavy atom. The van der Waals surface area contributed by atoms with Crippen LogP contribution in [-0.2, 0) is 11.2 Å². The molecule has 5 nitrogen and oxygen atoms in total. The van der Waals surface area contributed by atoms with E-state index in [1.807, 2.05) is 36.4 Å². The second-order valence-electron chi connectivity index (χ2n) is 5.35. The number of hydrogen-bond acceptors (Lipinski definition) is 5. The second-order valence-corrected chi connectivity index (χ2v) is 6.98. The number of ether oxygens (including phenoxy) is 1. The van der Waals surface area contributed by atoms with E-state index in [1.165, 1.54) is 11.8 Å². The first-order valence-corrected chi connectivity index (χ1v) is 8.87. The Labute approximate surface area is 155 Å². The molecule has 1 unspecified atom stereocenters. The molecule has 0 spiro atoms. The summed E-state index contributed by atoms with van der Waals surface area (Å²) in [6.45, 7) is 0. The smallest absolute Gasteiger partial charge is 0.239 e. The maximum Gasteiger partial charge on any atom is 0.239 e. The van der Waals surface area contributed by atoms with Crippen molar-refractivity contribution in [3.8, 4) is 5.75 Å². The number of carbonyl (C=O) groups excluding carboxylic acids is 1. The largest absolute Gasteiger partial charge is 0.497 e. The summed E-state index contributed by atoms with van der Waals surface area (Å²) in [6, 6.07) is 15.0. The summed E-state index contributed by atoms with van der Waals surface area (Å²) in [6.07, 6.45) is 2.24. The maximum absolute atomic E-state index is 12.1. The number of halogens is 1. The molecule has 1 atom stereocenters. The quantitative estimate of drug-likeness (QED) is 0.644. The van der Waals surface area contributed by atoms with Gasteiger partial charge in [-0.15, -0.1) is 5.10 Å². The lowest BCUT2D eigenvalue weighted by molar-refractivity contribution is -0.118. The average molecular weight is 374 g/mol. The Hall–Kier alpha value is -2.31. The number of thioether (sulfide) groups is 1. The van der Waals surface area contributed by atoms with Crippen molar-refractivity contribution in [2.45, 2.75) is 11.7 Å². The predicted octanol–water partition coefficient (Wildman–Crippen LogP) is 3.51. The van der Waals surface area contributed by atoms with Gasteiger partial charge in [-0.25, -0.2) is 0 Å². The fraction of sp³-hybridized carbons (Fsp3) is 0.167. The normalized spacial score (nSPS) is 18.7. The average Bonchev–Trinajstić information content (AvgIpc) is 2.97. The van der Waals surface area contributed by atoms with Crippen molar-refractivity contribution >= 4 is 40.7 Å². The van der Waals surface area contributed by atoms with Crippen LogP contribution in [-0.4, -0.2) is 29.6 Å². The maximum atomic E-state index is 12.1. The molecule has 1 saturated heterocycles. The van der Waals surface area contributed by atoms with Gasteiger partial charge in [0.05, 0.1) is 18.6 Å². The van der Waals surface area contributed by atoms with Crippen LogP contribution < -0.4 is 10.1 Å². The molecule has 1 fully saturated rings. The van der Waals surface area contributed by atoms with Gasteiger partial charge in [-0.1, -0.05) is 47.6 Å². The van der Waals surface area contributed by atoms with Gasteiger partial charge in [-0.05, 0) is 41.8 Å². The zero-order valence-corrected chi connectivity index (χ0v) is 15.1. The van der Waals surface area contributed by atoms with E-state index in [9.17, 15) is 4.79 Å². The number of methoxy groups -OCH3 is 1. The van der Waals surface area contributed by atoms with Crippen molar-refractivity contribution in [1.29, 1.82) is 0 Å². The Bertz CT molecular complexity index is 804. The monoisotopic (exact) mass is 373 g/mol. The van der Waals surface area contributed by atoms with Gasteiger partial charge in [-0.3, -0.25) is 4.79 Å². The molecular weight excluding hydrogens is 358 g/mol.